The van der Waals surface area contributed by atoms with Crippen molar-refractivity contribution in [2.75, 3.05) is 46.9 Å². The molecule has 4 aromatic rings. The molecule has 0 spiro atoms. The summed E-state index contributed by atoms with van der Waals surface area (Å²) in [4.78, 5) is 73.6. The Kier molecular flexibility index (Phi) is 17.3. The highest BCUT2D eigenvalue weighted by Crippen LogP contribution is 2.41. The van der Waals surface area contributed by atoms with Crippen LogP contribution in [0.3, 0.4) is 0 Å². The minimum atomic E-state index is -0.969. The molecule has 2 fully saturated rings. The number of hydrazine groups is 1. The molecule has 2 aliphatic heterocycles. The van der Waals surface area contributed by atoms with E-state index in [0.29, 0.717) is 44.8 Å². The van der Waals surface area contributed by atoms with E-state index in [1.54, 1.807) is 36.4 Å². The molecule has 2 saturated heterocycles. The van der Waals surface area contributed by atoms with Crippen molar-refractivity contribution in [1.82, 2.24) is 49.9 Å². The fourth-order valence-electron chi connectivity index (χ4n) is 8.52. The van der Waals surface area contributed by atoms with Crippen LogP contribution in [0.25, 0.3) is 33.5 Å². The maximum absolute atomic E-state index is 13.8. The number of hydrogen-bond acceptors (Lipinski definition) is 11. The summed E-state index contributed by atoms with van der Waals surface area (Å²) >= 11 is 0. The summed E-state index contributed by atoms with van der Waals surface area (Å²) in [6, 6.07) is 8.39. The lowest BCUT2D eigenvalue weighted by Gasteiger charge is -2.33. The Bertz CT molecular complexity index is 2240. The number of methoxy groups -OCH3 is 1. The molecule has 0 aliphatic carbocycles. The zero-order valence-corrected chi connectivity index (χ0v) is 38.7. The van der Waals surface area contributed by atoms with Gasteiger partial charge in [-0.15, -0.1) is 0 Å². The molecule has 4 amide bonds. The van der Waals surface area contributed by atoms with Crippen LogP contribution in [0.5, 0.6) is 0 Å². The SMILES string of the molecule is C=CC(=O)N1CCCC1.CCn1c(-c2cccnc2C(C)OC)c(CC(C)(C)COC=O)c2cc(-c3ncn(CC(NC(=O)C(C(C)C)N(C)C=O)C(=O)N4CCCCN4)n3)ccc21. The van der Waals surface area contributed by atoms with Crippen molar-refractivity contribution in [2.24, 2.45) is 11.3 Å². The van der Waals surface area contributed by atoms with Gasteiger partial charge in [-0.1, -0.05) is 34.3 Å². The third-order valence-electron chi connectivity index (χ3n) is 11.8. The molecule has 2 N–H and O–H groups in total. The number of ether oxygens (including phenoxy) is 2. The molecule has 0 radical (unpaired) electrons. The van der Waals surface area contributed by atoms with E-state index in [9.17, 15) is 24.0 Å². The summed E-state index contributed by atoms with van der Waals surface area (Å²) in [5.74, 6) is -0.373. The minimum Gasteiger partial charge on any atom is -0.467 e. The summed E-state index contributed by atoms with van der Waals surface area (Å²) in [6.07, 6.45) is 9.76. The lowest BCUT2D eigenvalue weighted by Crippen LogP contribution is -2.59. The van der Waals surface area contributed by atoms with Crippen molar-refractivity contribution in [1.29, 1.82) is 0 Å². The Morgan fingerprint density at radius 1 is 1.05 bits per heavy atom. The number of benzene rings is 1. The van der Waals surface area contributed by atoms with Gasteiger partial charge >= 0.3 is 0 Å². The second kappa shape index (κ2) is 22.6. The van der Waals surface area contributed by atoms with E-state index in [2.05, 4.69) is 65.8 Å². The van der Waals surface area contributed by atoms with Crippen LogP contribution in [-0.4, -0.2) is 129 Å². The lowest BCUT2D eigenvalue weighted by atomic mass is 9.84. The monoisotopic (exact) mass is 883 g/mol. The Hall–Kier alpha value is -5.94. The van der Waals surface area contributed by atoms with Gasteiger partial charge in [0.1, 0.15) is 18.4 Å². The minimum absolute atomic E-state index is 0.0294. The molecule has 0 bridgehead atoms. The van der Waals surface area contributed by atoms with E-state index in [0.717, 1.165) is 77.8 Å². The van der Waals surface area contributed by atoms with Crippen LogP contribution in [0.2, 0.25) is 0 Å². The third-order valence-corrected chi connectivity index (χ3v) is 11.8. The number of likely N-dealkylation sites (tertiary alicyclic amines) is 1. The number of aryl methyl sites for hydroxylation is 1. The van der Waals surface area contributed by atoms with E-state index in [1.807, 2.05) is 37.8 Å². The van der Waals surface area contributed by atoms with Crippen molar-refractivity contribution in [3.05, 3.63) is 66.8 Å². The number of nitrogens with one attached hydrogen (secondary N) is 2. The Labute approximate surface area is 376 Å². The quantitative estimate of drug-likeness (QED) is 0.0960. The van der Waals surface area contributed by atoms with Gasteiger partial charge in [0, 0.05) is 80.5 Å². The van der Waals surface area contributed by atoms with Gasteiger partial charge in [-0.05, 0) is 93.8 Å². The number of amides is 4. The average Bonchev–Trinajstić information content (AvgIpc) is 4.08. The van der Waals surface area contributed by atoms with Crippen LogP contribution < -0.4 is 10.7 Å². The first-order valence-electron chi connectivity index (χ1n) is 22.2. The lowest BCUT2D eigenvalue weighted by molar-refractivity contribution is -0.142. The number of pyridine rings is 1. The molecular formula is C47H66N10O7. The molecule has 64 heavy (non-hydrogen) atoms. The van der Waals surface area contributed by atoms with Gasteiger partial charge < -0.3 is 29.2 Å². The third kappa shape index (κ3) is 11.8. The highest BCUT2D eigenvalue weighted by atomic mass is 16.5. The van der Waals surface area contributed by atoms with Gasteiger partial charge in [0.15, 0.2) is 5.82 Å². The first-order chi connectivity index (χ1) is 30.7. The highest BCUT2D eigenvalue weighted by Gasteiger charge is 2.34. The van der Waals surface area contributed by atoms with Crippen LogP contribution >= 0.6 is 0 Å². The van der Waals surface area contributed by atoms with Crippen LogP contribution in [-0.2, 0) is 53.0 Å². The first kappa shape index (κ1) is 49.1. The normalized spacial score (nSPS) is 15.5. The van der Waals surface area contributed by atoms with Crippen molar-refractivity contribution in [2.45, 2.75) is 105 Å². The van der Waals surface area contributed by atoms with Gasteiger partial charge in [-0.2, -0.15) is 5.10 Å². The average molecular weight is 883 g/mol. The maximum Gasteiger partial charge on any atom is 0.293 e. The number of aromatic nitrogens is 5. The number of hydrogen-bond donors (Lipinski definition) is 2. The van der Waals surface area contributed by atoms with E-state index in [4.69, 9.17) is 19.6 Å². The second-order valence-electron chi connectivity index (χ2n) is 17.5. The molecule has 3 atom stereocenters. The van der Waals surface area contributed by atoms with Crippen molar-refractivity contribution < 1.29 is 33.4 Å². The Morgan fingerprint density at radius 2 is 1.78 bits per heavy atom. The second-order valence-corrected chi connectivity index (χ2v) is 17.5. The molecule has 6 rings (SSSR count). The van der Waals surface area contributed by atoms with Crippen LogP contribution in [0.15, 0.2) is 55.5 Å². The van der Waals surface area contributed by atoms with E-state index >= 15 is 0 Å². The van der Waals surface area contributed by atoms with E-state index in [1.165, 1.54) is 11.0 Å². The predicted molar refractivity (Wildman–Crippen MR) is 244 cm³/mol. The smallest absolute Gasteiger partial charge is 0.293 e. The number of fused-ring (bicyclic) bond motifs is 1. The molecule has 1 aromatic carbocycles. The fraction of sp³-hybridized carbons (Fsp3) is 0.532. The van der Waals surface area contributed by atoms with Gasteiger partial charge in [-0.3, -0.25) is 34.0 Å². The van der Waals surface area contributed by atoms with Crippen LogP contribution in [0, 0.1) is 11.3 Å². The number of carbonyl (C=O) groups excluding carboxylic acids is 5. The van der Waals surface area contributed by atoms with Gasteiger partial charge in [-0.25, -0.2) is 15.1 Å². The maximum atomic E-state index is 13.8. The summed E-state index contributed by atoms with van der Waals surface area (Å²) in [5, 5.41) is 10.3. The van der Waals surface area contributed by atoms with Gasteiger partial charge in [0.05, 0.1) is 30.6 Å². The fourth-order valence-corrected chi connectivity index (χ4v) is 8.52. The standard InChI is InChI=1S/C40H55N9O6.C7H11NO/c1-9-48-33-15-14-28(19-30(33)31(20-40(5,6)22-55-25-51)36(48)29-13-12-16-41-34(29)27(4)54-8)37-42-23-47(45-37)21-32(39(53)49-18-11-10-17-43-49)44-38(52)35(26(2)3)46(7)24-50;1-2-7(9)8-5-3-4-6-8/h12-16,19,23-27,32,35,43H,9-11,17-18,20-22H2,1-8H3,(H,44,52);2H,1,3-6H2. The zero-order chi connectivity index (χ0) is 46.6. The van der Waals surface area contributed by atoms with Gasteiger partial charge in [0.25, 0.3) is 12.4 Å². The number of nitrogens with zero attached hydrogens (tertiary/aromatic N) is 8. The number of likely N-dealkylation sites (N-methyl/N-ethyl adjacent to an activating group) is 1. The van der Waals surface area contributed by atoms with Crippen LogP contribution in [0.4, 0.5) is 0 Å². The highest BCUT2D eigenvalue weighted by molar-refractivity contribution is 5.95. The summed E-state index contributed by atoms with van der Waals surface area (Å²) in [7, 11) is 3.22. The molecule has 17 nitrogen and oxygen atoms in total. The summed E-state index contributed by atoms with van der Waals surface area (Å²) < 4.78 is 14.9. The van der Waals surface area contributed by atoms with Gasteiger partial charge in [0.2, 0.25) is 18.2 Å². The molecule has 17 heteroatoms. The molecular weight excluding hydrogens is 817 g/mol. The molecule has 346 valence electrons. The van der Waals surface area contributed by atoms with Crippen molar-refractivity contribution in [3.8, 4) is 22.6 Å². The Morgan fingerprint density at radius 3 is 2.41 bits per heavy atom. The zero-order valence-electron chi connectivity index (χ0n) is 38.7. The topological polar surface area (TPSA) is 186 Å². The summed E-state index contributed by atoms with van der Waals surface area (Å²) in [5.41, 5.74) is 8.39. The number of rotatable bonds is 19. The number of carbonyl (C=O) groups is 5. The summed E-state index contributed by atoms with van der Waals surface area (Å²) in [6.45, 7) is 19.8. The molecule has 0 saturated carbocycles. The van der Waals surface area contributed by atoms with Crippen molar-refractivity contribution >= 4 is 41.5 Å². The van der Waals surface area contributed by atoms with Crippen LogP contribution in [0.1, 0.15) is 84.6 Å². The molecule has 3 aromatic heterocycles. The van der Waals surface area contributed by atoms with E-state index < -0.39 is 23.4 Å². The Balaban J connectivity index is 0.000000762. The van der Waals surface area contributed by atoms with E-state index in [-0.39, 0.29) is 37.0 Å². The molecule has 5 heterocycles. The molecule has 2 aliphatic rings. The molecule has 3 unspecified atom stereocenters. The first-order valence-corrected chi connectivity index (χ1v) is 22.2. The van der Waals surface area contributed by atoms with Crippen molar-refractivity contribution in [3.63, 3.8) is 0 Å². The predicted octanol–water partition coefficient (Wildman–Crippen LogP) is 4.95. The largest absolute Gasteiger partial charge is 0.467 e.